The third-order valence-electron chi connectivity index (χ3n) is 5.78. The largest absolute Gasteiger partial charge is 0.394 e. The second kappa shape index (κ2) is 13.0. The smallest absolute Gasteiger partial charge is 0.186 e. The van der Waals surface area contributed by atoms with E-state index in [2.05, 4.69) is 6.58 Å². The number of unbranched alkanes of at least 4 members (excludes halogenated alkanes) is 7. The highest BCUT2D eigenvalue weighted by Crippen LogP contribution is 2.28. The summed E-state index contributed by atoms with van der Waals surface area (Å²) in [7, 11) is 0. The molecule has 0 amide bonds. The number of hydrogen-bond donors (Lipinski definition) is 5. The lowest BCUT2D eigenvalue weighted by molar-refractivity contribution is -0.188. The Bertz CT molecular complexity index is 462. The fraction of sp³-hybridized carbons (Fsp3) is 0.905. The van der Waals surface area contributed by atoms with E-state index in [1.54, 1.807) is 0 Å². The van der Waals surface area contributed by atoms with Gasteiger partial charge >= 0.3 is 0 Å². The molecule has 0 bridgehead atoms. The van der Waals surface area contributed by atoms with Crippen LogP contribution in [0.1, 0.15) is 57.8 Å². The number of rotatable bonds is 14. The van der Waals surface area contributed by atoms with Gasteiger partial charge in [-0.25, -0.2) is 0 Å². The fourth-order valence-electron chi connectivity index (χ4n) is 3.91. The molecule has 0 aromatic rings. The topological polar surface area (TPSA) is 129 Å². The molecule has 2 rings (SSSR count). The van der Waals surface area contributed by atoms with Crippen molar-refractivity contribution in [1.29, 1.82) is 0 Å². The van der Waals surface area contributed by atoms with Crippen LogP contribution in [-0.2, 0) is 14.2 Å². The lowest BCUT2D eigenvalue weighted by Crippen LogP contribution is -2.38. The Balaban J connectivity index is 1.61. The molecule has 170 valence electrons. The van der Waals surface area contributed by atoms with Gasteiger partial charge in [0.1, 0.15) is 36.6 Å². The molecule has 2 aliphatic heterocycles. The molecule has 2 saturated heterocycles. The van der Waals surface area contributed by atoms with Gasteiger partial charge in [0.05, 0.1) is 19.3 Å². The van der Waals surface area contributed by atoms with Crippen LogP contribution in [0.5, 0.6) is 0 Å². The summed E-state index contributed by atoms with van der Waals surface area (Å²) >= 11 is 0. The number of aliphatic hydroxyl groups excluding tert-OH is 5. The Kier molecular flexibility index (Phi) is 11.0. The number of ether oxygens (including phenoxy) is 3. The summed E-state index contributed by atoms with van der Waals surface area (Å²) in [6.07, 6.45) is 3.92. The molecule has 0 unspecified atom stereocenters. The molecule has 0 saturated carbocycles. The predicted molar refractivity (Wildman–Crippen MR) is 106 cm³/mol. The molecule has 0 spiro atoms. The van der Waals surface area contributed by atoms with Crippen molar-refractivity contribution in [1.82, 2.24) is 0 Å². The maximum absolute atomic E-state index is 10.2. The first-order valence-electron chi connectivity index (χ1n) is 10.9. The molecule has 8 heteroatoms. The standard InChI is InChI=1S/C21H38O8/c1-2-3-4-5-6-7-8-9-10-11-14-17(23)19(25)16(28-14)13-27-21-20(26)18(24)15(12-22)29-21/h2,14-26H,1,3-13H2/t14-,15+,16+,17+,18+,19+,20-,21-/m0/s1. The summed E-state index contributed by atoms with van der Waals surface area (Å²) < 4.78 is 16.4. The van der Waals surface area contributed by atoms with Gasteiger partial charge in [0, 0.05) is 0 Å². The van der Waals surface area contributed by atoms with Crippen LogP contribution in [0.4, 0.5) is 0 Å². The monoisotopic (exact) mass is 418 g/mol. The molecule has 8 atom stereocenters. The zero-order chi connectivity index (χ0) is 21.2. The summed E-state index contributed by atoms with van der Waals surface area (Å²) in [6.45, 7) is 3.20. The molecular formula is C21H38O8. The van der Waals surface area contributed by atoms with Crippen LogP contribution < -0.4 is 0 Å². The van der Waals surface area contributed by atoms with Crippen molar-refractivity contribution in [2.24, 2.45) is 0 Å². The average molecular weight is 419 g/mol. The molecule has 0 aromatic heterocycles. The average Bonchev–Trinajstić information content (AvgIpc) is 3.15. The van der Waals surface area contributed by atoms with Crippen molar-refractivity contribution in [3.8, 4) is 0 Å². The first-order chi connectivity index (χ1) is 14.0. The molecule has 8 nitrogen and oxygen atoms in total. The van der Waals surface area contributed by atoms with E-state index < -0.39 is 55.6 Å². The summed E-state index contributed by atoms with van der Waals surface area (Å²) in [5, 5.41) is 49.1. The van der Waals surface area contributed by atoms with Crippen molar-refractivity contribution >= 4 is 0 Å². The van der Waals surface area contributed by atoms with Crippen molar-refractivity contribution < 1.29 is 39.7 Å². The number of hydrogen-bond acceptors (Lipinski definition) is 8. The van der Waals surface area contributed by atoms with E-state index in [0.29, 0.717) is 6.42 Å². The Morgan fingerprint density at radius 1 is 0.724 bits per heavy atom. The maximum atomic E-state index is 10.2. The van der Waals surface area contributed by atoms with Gasteiger partial charge in [0.15, 0.2) is 6.29 Å². The second-order valence-corrected chi connectivity index (χ2v) is 8.08. The third kappa shape index (κ3) is 7.25. The van der Waals surface area contributed by atoms with Crippen molar-refractivity contribution in [3.05, 3.63) is 12.7 Å². The fourth-order valence-corrected chi connectivity index (χ4v) is 3.91. The molecule has 2 heterocycles. The quantitative estimate of drug-likeness (QED) is 0.205. The zero-order valence-electron chi connectivity index (χ0n) is 17.1. The lowest BCUT2D eigenvalue weighted by atomic mass is 10.0. The van der Waals surface area contributed by atoms with Crippen molar-refractivity contribution in [2.45, 2.75) is 107 Å². The highest BCUT2D eigenvalue weighted by molar-refractivity contribution is 4.91. The second-order valence-electron chi connectivity index (χ2n) is 8.08. The SMILES string of the molecule is C=CCCCCCCCCC[C@@H]1O[C@H](CO[C@H]2O[C@H](CO)[C@@H](O)[C@@H]2O)[C@@H](O)[C@@H]1O. The highest BCUT2D eigenvalue weighted by atomic mass is 16.7. The summed E-state index contributed by atoms with van der Waals surface area (Å²) in [5.41, 5.74) is 0. The molecule has 29 heavy (non-hydrogen) atoms. The summed E-state index contributed by atoms with van der Waals surface area (Å²) in [6, 6.07) is 0. The maximum Gasteiger partial charge on any atom is 0.186 e. The Morgan fingerprint density at radius 3 is 1.93 bits per heavy atom. The molecule has 5 N–H and O–H groups in total. The van der Waals surface area contributed by atoms with Gasteiger partial charge in [0.2, 0.25) is 0 Å². The Labute approximate surface area is 173 Å². The Hall–Kier alpha value is -0.580. The molecule has 2 aliphatic rings. The zero-order valence-corrected chi connectivity index (χ0v) is 17.1. The van der Waals surface area contributed by atoms with E-state index in [0.717, 1.165) is 25.7 Å². The molecular weight excluding hydrogens is 380 g/mol. The van der Waals surface area contributed by atoms with E-state index in [-0.39, 0.29) is 6.61 Å². The third-order valence-corrected chi connectivity index (χ3v) is 5.78. The number of allylic oxidation sites excluding steroid dienone is 1. The van der Waals surface area contributed by atoms with Gasteiger partial charge in [-0.15, -0.1) is 6.58 Å². The van der Waals surface area contributed by atoms with E-state index in [9.17, 15) is 20.4 Å². The summed E-state index contributed by atoms with van der Waals surface area (Å²) in [5.74, 6) is 0. The van der Waals surface area contributed by atoms with E-state index in [4.69, 9.17) is 19.3 Å². The van der Waals surface area contributed by atoms with E-state index >= 15 is 0 Å². The first-order valence-corrected chi connectivity index (χ1v) is 10.9. The normalized spacial score (nSPS) is 37.3. The predicted octanol–water partition coefficient (Wildman–Crippen LogP) is 0.628. The van der Waals surface area contributed by atoms with Gasteiger partial charge in [-0.05, 0) is 19.3 Å². The minimum Gasteiger partial charge on any atom is -0.394 e. The van der Waals surface area contributed by atoms with E-state index in [1.807, 2.05) is 6.08 Å². The Morgan fingerprint density at radius 2 is 1.31 bits per heavy atom. The lowest BCUT2D eigenvalue weighted by Gasteiger charge is -2.20. The van der Waals surface area contributed by atoms with Crippen LogP contribution in [0.3, 0.4) is 0 Å². The first kappa shape index (κ1) is 24.7. The van der Waals surface area contributed by atoms with Crippen LogP contribution in [0.2, 0.25) is 0 Å². The van der Waals surface area contributed by atoms with Gasteiger partial charge in [0.25, 0.3) is 0 Å². The molecule has 0 aliphatic carbocycles. The highest BCUT2D eigenvalue weighted by Gasteiger charge is 2.46. The van der Waals surface area contributed by atoms with Crippen LogP contribution in [-0.4, -0.2) is 87.8 Å². The van der Waals surface area contributed by atoms with Crippen LogP contribution in [0.15, 0.2) is 12.7 Å². The van der Waals surface area contributed by atoms with Crippen molar-refractivity contribution in [2.75, 3.05) is 13.2 Å². The van der Waals surface area contributed by atoms with Gasteiger partial charge < -0.3 is 39.7 Å². The van der Waals surface area contributed by atoms with Crippen LogP contribution >= 0.6 is 0 Å². The summed E-state index contributed by atoms with van der Waals surface area (Å²) in [4.78, 5) is 0. The van der Waals surface area contributed by atoms with Crippen molar-refractivity contribution in [3.63, 3.8) is 0 Å². The molecule has 2 fully saturated rings. The minimum absolute atomic E-state index is 0.0912. The number of aliphatic hydroxyl groups is 5. The van der Waals surface area contributed by atoms with Gasteiger partial charge in [-0.3, -0.25) is 0 Å². The van der Waals surface area contributed by atoms with Crippen LogP contribution in [0.25, 0.3) is 0 Å². The minimum atomic E-state index is -1.29. The van der Waals surface area contributed by atoms with Gasteiger partial charge in [-0.1, -0.05) is 44.6 Å². The molecule has 0 radical (unpaired) electrons. The van der Waals surface area contributed by atoms with E-state index in [1.165, 1.54) is 25.7 Å². The molecule has 0 aromatic carbocycles. The van der Waals surface area contributed by atoms with Gasteiger partial charge in [-0.2, -0.15) is 0 Å². The van der Waals surface area contributed by atoms with Crippen LogP contribution in [0, 0.1) is 0 Å².